The molecule has 0 aliphatic heterocycles. The van der Waals surface area contributed by atoms with E-state index in [4.69, 9.17) is 20.2 Å². The largest absolute Gasteiger partial charge is 0.497 e. The third-order valence-electron chi connectivity index (χ3n) is 4.43. The van der Waals surface area contributed by atoms with Gasteiger partial charge in [0.25, 0.3) is 0 Å². The van der Waals surface area contributed by atoms with Crippen molar-refractivity contribution in [2.75, 3.05) is 20.8 Å². The summed E-state index contributed by atoms with van der Waals surface area (Å²) >= 11 is 0. The van der Waals surface area contributed by atoms with Crippen molar-refractivity contribution in [1.82, 2.24) is 9.55 Å². The minimum absolute atomic E-state index is 0.115. The van der Waals surface area contributed by atoms with Crippen molar-refractivity contribution in [2.45, 2.75) is 12.3 Å². The molecule has 1 unspecified atom stereocenters. The average Bonchev–Trinajstić information content (AvgIpc) is 2.96. The van der Waals surface area contributed by atoms with Gasteiger partial charge in [0, 0.05) is 25.6 Å². The maximum absolute atomic E-state index is 6.07. The molecule has 0 bridgehead atoms. The number of hydrogen-bond donors (Lipinski definition) is 1. The number of nitrogens with zero attached hydrogens (tertiary/aromatic N) is 2. The van der Waals surface area contributed by atoms with Crippen molar-refractivity contribution in [1.29, 1.82) is 0 Å². The van der Waals surface area contributed by atoms with Gasteiger partial charge in [0.15, 0.2) is 0 Å². The van der Waals surface area contributed by atoms with Crippen LogP contribution in [0.3, 0.4) is 0 Å². The summed E-state index contributed by atoms with van der Waals surface area (Å²) in [6.45, 7) is 0.520. The van der Waals surface area contributed by atoms with Crippen molar-refractivity contribution in [2.24, 2.45) is 12.8 Å². The molecule has 1 atom stereocenters. The Kier molecular flexibility index (Phi) is 4.71. The number of benzene rings is 2. The predicted molar refractivity (Wildman–Crippen MR) is 95.8 cm³/mol. The number of fused-ring (bicyclic) bond motifs is 1. The second-order valence-electron chi connectivity index (χ2n) is 5.83. The lowest BCUT2D eigenvalue weighted by Gasteiger charge is -2.17. The molecule has 2 aromatic carbocycles. The molecule has 3 aromatic rings. The van der Waals surface area contributed by atoms with Gasteiger partial charge in [0.1, 0.15) is 17.3 Å². The lowest BCUT2D eigenvalue weighted by atomic mass is 9.97. The van der Waals surface area contributed by atoms with Crippen molar-refractivity contribution in [3.05, 3.63) is 53.9 Å². The Labute approximate surface area is 142 Å². The molecule has 126 valence electrons. The smallest absolute Gasteiger partial charge is 0.125 e. The highest BCUT2D eigenvalue weighted by molar-refractivity contribution is 5.75. The van der Waals surface area contributed by atoms with E-state index in [1.807, 2.05) is 43.4 Å². The van der Waals surface area contributed by atoms with Gasteiger partial charge in [-0.05, 0) is 30.2 Å². The van der Waals surface area contributed by atoms with Crippen molar-refractivity contribution >= 4 is 11.0 Å². The Morgan fingerprint density at radius 3 is 2.58 bits per heavy atom. The summed E-state index contributed by atoms with van der Waals surface area (Å²) < 4.78 is 12.9. The molecular formula is C19H23N3O2. The first-order valence-electron chi connectivity index (χ1n) is 8.00. The zero-order valence-corrected chi connectivity index (χ0v) is 14.3. The second kappa shape index (κ2) is 6.93. The van der Waals surface area contributed by atoms with Gasteiger partial charge in [0.2, 0.25) is 0 Å². The van der Waals surface area contributed by atoms with Crippen LogP contribution in [0.2, 0.25) is 0 Å². The van der Waals surface area contributed by atoms with E-state index in [-0.39, 0.29) is 5.92 Å². The zero-order valence-electron chi connectivity index (χ0n) is 14.3. The summed E-state index contributed by atoms with van der Waals surface area (Å²) in [5.74, 6) is 2.70. The fourth-order valence-electron chi connectivity index (χ4n) is 3.10. The summed E-state index contributed by atoms with van der Waals surface area (Å²) in [7, 11) is 5.36. The Morgan fingerprint density at radius 1 is 1.12 bits per heavy atom. The number of aromatic nitrogens is 2. The lowest BCUT2D eigenvalue weighted by Crippen LogP contribution is -2.19. The molecule has 3 rings (SSSR count). The van der Waals surface area contributed by atoms with Gasteiger partial charge in [-0.3, -0.25) is 0 Å². The molecule has 1 heterocycles. The monoisotopic (exact) mass is 325 g/mol. The fraction of sp³-hybridized carbons (Fsp3) is 0.316. The van der Waals surface area contributed by atoms with Gasteiger partial charge in [-0.25, -0.2) is 4.98 Å². The topological polar surface area (TPSA) is 62.3 Å². The SMILES string of the molecule is COc1ccc(CC(CN)c2nc3ccccc3n2C)c(OC)c1. The van der Waals surface area contributed by atoms with Crippen LogP contribution in [0.5, 0.6) is 11.5 Å². The van der Waals surface area contributed by atoms with Crippen LogP contribution < -0.4 is 15.2 Å². The zero-order chi connectivity index (χ0) is 17.1. The van der Waals surface area contributed by atoms with Crippen LogP contribution in [-0.2, 0) is 13.5 Å². The predicted octanol–water partition coefficient (Wildman–Crippen LogP) is 2.88. The van der Waals surface area contributed by atoms with Crippen LogP contribution >= 0.6 is 0 Å². The van der Waals surface area contributed by atoms with Crippen molar-refractivity contribution in [3.63, 3.8) is 0 Å². The summed E-state index contributed by atoms with van der Waals surface area (Å²) in [4.78, 5) is 4.79. The summed E-state index contributed by atoms with van der Waals surface area (Å²) in [5.41, 5.74) is 9.28. The summed E-state index contributed by atoms with van der Waals surface area (Å²) in [6.07, 6.45) is 0.765. The van der Waals surface area contributed by atoms with Crippen LogP contribution in [0, 0.1) is 0 Å². The first kappa shape index (κ1) is 16.3. The third-order valence-corrected chi connectivity index (χ3v) is 4.43. The number of ether oxygens (including phenoxy) is 2. The minimum atomic E-state index is 0.115. The van der Waals surface area contributed by atoms with Gasteiger partial charge < -0.3 is 19.8 Å². The van der Waals surface area contributed by atoms with Gasteiger partial charge >= 0.3 is 0 Å². The molecule has 1 aromatic heterocycles. The van der Waals surface area contributed by atoms with Crippen LogP contribution in [0.15, 0.2) is 42.5 Å². The number of aryl methyl sites for hydroxylation is 1. The molecule has 0 aliphatic rings. The molecule has 0 spiro atoms. The van der Waals surface area contributed by atoms with Crippen molar-refractivity contribution in [3.8, 4) is 11.5 Å². The van der Waals surface area contributed by atoms with E-state index in [2.05, 4.69) is 10.6 Å². The van der Waals surface area contributed by atoms with E-state index < -0.39 is 0 Å². The number of imidazole rings is 1. The highest BCUT2D eigenvalue weighted by Crippen LogP contribution is 2.30. The van der Waals surface area contributed by atoms with E-state index in [9.17, 15) is 0 Å². The number of methoxy groups -OCH3 is 2. The number of hydrogen-bond acceptors (Lipinski definition) is 4. The van der Waals surface area contributed by atoms with Gasteiger partial charge in [0.05, 0.1) is 25.3 Å². The molecule has 5 nitrogen and oxygen atoms in total. The van der Waals surface area contributed by atoms with E-state index in [0.717, 1.165) is 40.3 Å². The number of rotatable bonds is 6. The standard InChI is InChI=1S/C19H23N3O2/c1-22-17-7-5-4-6-16(17)21-19(22)14(12-20)10-13-8-9-15(23-2)11-18(13)24-3/h4-9,11,14H,10,12,20H2,1-3H3. The molecule has 5 heteroatoms. The maximum atomic E-state index is 6.07. The molecule has 0 aliphatic carbocycles. The fourth-order valence-corrected chi connectivity index (χ4v) is 3.10. The molecule has 0 radical (unpaired) electrons. The van der Waals surface area contributed by atoms with Crippen LogP contribution in [0.25, 0.3) is 11.0 Å². The molecule has 0 saturated carbocycles. The molecule has 24 heavy (non-hydrogen) atoms. The minimum Gasteiger partial charge on any atom is -0.497 e. The normalized spacial score (nSPS) is 12.3. The number of nitrogens with two attached hydrogens (primary N) is 1. The van der Waals surface area contributed by atoms with Gasteiger partial charge in [-0.2, -0.15) is 0 Å². The Bertz CT molecular complexity index is 842. The van der Waals surface area contributed by atoms with Crippen molar-refractivity contribution < 1.29 is 9.47 Å². The van der Waals surface area contributed by atoms with E-state index in [1.54, 1.807) is 14.2 Å². The van der Waals surface area contributed by atoms with E-state index in [1.165, 1.54) is 0 Å². The third kappa shape index (κ3) is 2.95. The Balaban J connectivity index is 1.96. The summed E-state index contributed by atoms with van der Waals surface area (Å²) in [6, 6.07) is 14.0. The van der Waals surface area contributed by atoms with Crippen LogP contribution in [0.1, 0.15) is 17.3 Å². The molecule has 0 saturated heterocycles. The average molecular weight is 325 g/mol. The maximum Gasteiger partial charge on any atom is 0.125 e. The Morgan fingerprint density at radius 2 is 1.92 bits per heavy atom. The molecule has 0 fully saturated rings. The van der Waals surface area contributed by atoms with E-state index in [0.29, 0.717) is 6.54 Å². The lowest BCUT2D eigenvalue weighted by molar-refractivity contribution is 0.389. The van der Waals surface area contributed by atoms with Gasteiger partial charge in [-0.15, -0.1) is 0 Å². The quantitative estimate of drug-likeness (QED) is 0.757. The van der Waals surface area contributed by atoms with E-state index >= 15 is 0 Å². The molecular weight excluding hydrogens is 302 g/mol. The van der Waals surface area contributed by atoms with Crippen LogP contribution in [-0.4, -0.2) is 30.3 Å². The van der Waals surface area contributed by atoms with Crippen LogP contribution in [0.4, 0.5) is 0 Å². The molecule has 0 amide bonds. The first-order valence-corrected chi connectivity index (χ1v) is 8.00. The Hall–Kier alpha value is -2.53. The first-order chi connectivity index (χ1) is 11.7. The van der Waals surface area contributed by atoms with Gasteiger partial charge in [-0.1, -0.05) is 18.2 Å². The molecule has 2 N–H and O–H groups in total. The highest BCUT2D eigenvalue weighted by atomic mass is 16.5. The number of para-hydroxylation sites is 2. The summed E-state index contributed by atoms with van der Waals surface area (Å²) in [5, 5.41) is 0. The highest BCUT2D eigenvalue weighted by Gasteiger charge is 2.20. The second-order valence-corrected chi connectivity index (χ2v) is 5.83.